The van der Waals surface area contributed by atoms with Gasteiger partial charge in [-0.2, -0.15) is 0 Å². The Kier molecular flexibility index (Phi) is 5.71. The highest BCUT2D eigenvalue weighted by atomic mass is 32.1. The smallest absolute Gasteiger partial charge is 0.251 e. The molecule has 2 fully saturated rings. The topological polar surface area (TPSA) is 61.7 Å². The van der Waals surface area contributed by atoms with Crippen LogP contribution < -0.4 is 10.6 Å². The van der Waals surface area contributed by atoms with E-state index >= 15 is 0 Å². The predicted molar refractivity (Wildman–Crippen MR) is 118 cm³/mol. The quantitative estimate of drug-likeness (QED) is 0.589. The number of nitrogens with one attached hydrogen (secondary N) is 2. The zero-order valence-corrected chi connectivity index (χ0v) is 17.9. The van der Waals surface area contributed by atoms with Gasteiger partial charge in [0.15, 0.2) is 4.96 Å². The van der Waals surface area contributed by atoms with Gasteiger partial charge < -0.3 is 15.5 Å². The van der Waals surface area contributed by atoms with Gasteiger partial charge in [0, 0.05) is 31.4 Å². The maximum atomic E-state index is 13.2. The van der Waals surface area contributed by atoms with Gasteiger partial charge in [0.05, 0.1) is 22.0 Å². The number of carbonyl (C=O) groups is 1. The van der Waals surface area contributed by atoms with Gasteiger partial charge in [-0.15, -0.1) is 0 Å². The van der Waals surface area contributed by atoms with Crippen molar-refractivity contribution in [1.29, 1.82) is 0 Å². The third kappa shape index (κ3) is 4.08. The first-order valence-corrected chi connectivity index (χ1v) is 11.8. The molecule has 3 aromatic rings. The molecule has 2 aliphatic rings. The summed E-state index contributed by atoms with van der Waals surface area (Å²) in [6, 6.07) is 6.23. The molecular formula is C22H28FN5OS. The highest BCUT2D eigenvalue weighted by Crippen LogP contribution is 2.30. The van der Waals surface area contributed by atoms with E-state index in [9.17, 15) is 9.18 Å². The zero-order chi connectivity index (χ0) is 20.5. The van der Waals surface area contributed by atoms with Crippen molar-refractivity contribution in [1.82, 2.24) is 24.9 Å². The molecule has 1 aromatic carbocycles. The molecule has 8 heteroatoms. The lowest BCUT2D eigenvalue weighted by molar-refractivity contribution is 0.0950. The molecule has 4 heterocycles. The number of imidazole rings is 1. The van der Waals surface area contributed by atoms with E-state index < -0.39 is 6.17 Å². The second kappa shape index (κ2) is 8.61. The molecule has 0 bridgehead atoms. The molecule has 2 aromatic heterocycles. The van der Waals surface area contributed by atoms with Crippen molar-refractivity contribution in [2.24, 2.45) is 0 Å². The molecule has 0 spiro atoms. The van der Waals surface area contributed by atoms with Crippen LogP contribution in [0.5, 0.6) is 0 Å². The first-order chi connectivity index (χ1) is 14.7. The van der Waals surface area contributed by atoms with E-state index in [0.29, 0.717) is 31.0 Å². The Labute approximate surface area is 179 Å². The zero-order valence-electron chi connectivity index (χ0n) is 17.1. The van der Waals surface area contributed by atoms with Gasteiger partial charge in [-0.3, -0.25) is 9.20 Å². The van der Waals surface area contributed by atoms with Crippen molar-refractivity contribution in [2.75, 3.05) is 32.7 Å². The number of likely N-dealkylation sites (tertiary alicyclic amines) is 1. The molecule has 160 valence electrons. The number of halogens is 1. The van der Waals surface area contributed by atoms with E-state index in [-0.39, 0.29) is 5.91 Å². The fourth-order valence-corrected chi connectivity index (χ4v) is 5.55. The van der Waals surface area contributed by atoms with Crippen LogP contribution in [0.25, 0.3) is 15.2 Å². The summed E-state index contributed by atoms with van der Waals surface area (Å²) in [5, 5.41) is 6.52. The highest BCUT2D eigenvalue weighted by molar-refractivity contribution is 7.23. The summed E-state index contributed by atoms with van der Waals surface area (Å²) in [6.45, 7) is 4.25. The Morgan fingerprint density at radius 2 is 2.17 bits per heavy atom. The third-order valence-corrected chi connectivity index (χ3v) is 7.26. The Balaban J connectivity index is 1.19. The molecule has 1 amide bonds. The lowest BCUT2D eigenvalue weighted by Gasteiger charge is -2.28. The molecule has 1 unspecified atom stereocenters. The van der Waals surface area contributed by atoms with Crippen molar-refractivity contribution in [3.05, 3.63) is 35.7 Å². The van der Waals surface area contributed by atoms with Gasteiger partial charge in [-0.1, -0.05) is 11.3 Å². The number of amides is 1. The van der Waals surface area contributed by atoms with Crippen LogP contribution in [0.2, 0.25) is 0 Å². The van der Waals surface area contributed by atoms with Crippen LogP contribution >= 0.6 is 11.3 Å². The largest absolute Gasteiger partial charge is 0.352 e. The Bertz CT molecular complexity index is 1030. The van der Waals surface area contributed by atoms with Crippen LogP contribution in [0.4, 0.5) is 4.39 Å². The number of aromatic nitrogens is 2. The van der Waals surface area contributed by atoms with Gasteiger partial charge >= 0.3 is 0 Å². The van der Waals surface area contributed by atoms with Gasteiger partial charge in [0.25, 0.3) is 5.91 Å². The maximum Gasteiger partial charge on any atom is 0.251 e. The van der Waals surface area contributed by atoms with E-state index in [1.807, 2.05) is 18.2 Å². The van der Waals surface area contributed by atoms with Crippen molar-refractivity contribution in [2.45, 2.75) is 44.3 Å². The number of piperidine rings is 1. The van der Waals surface area contributed by atoms with Gasteiger partial charge in [-0.25, -0.2) is 9.37 Å². The summed E-state index contributed by atoms with van der Waals surface area (Å²) in [7, 11) is 0. The van der Waals surface area contributed by atoms with Crippen LogP contribution in [0.3, 0.4) is 0 Å². The van der Waals surface area contributed by atoms with Crippen LogP contribution in [0.1, 0.15) is 54.2 Å². The summed E-state index contributed by atoms with van der Waals surface area (Å²) >= 11 is 1.63. The van der Waals surface area contributed by atoms with Crippen molar-refractivity contribution >= 4 is 32.4 Å². The number of hydrogen-bond acceptors (Lipinski definition) is 5. The monoisotopic (exact) mass is 429 g/mol. The third-order valence-electron chi connectivity index (χ3n) is 6.25. The molecule has 0 radical (unpaired) electrons. The molecule has 2 saturated heterocycles. The fraction of sp³-hybridized carbons (Fsp3) is 0.545. The molecule has 2 aliphatic heterocycles. The number of hydrogen-bond donors (Lipinski definition) is 2. The van der Waals surface area contributed by atoms with Crippen LogP contribution in [-0.2, 0) is 0 Å². The van der Waals surface area contributed by atoms with Gasteiger partial charge in [0.1, 0.15) is 6.17 Å². The predicted octanol–water partition coefficient (Wildman–Crippen LogP) is 3.53. The minimum absolute atomic E-state index is 0.0405. The SMILES string of the molecule is O=C(NCCCN1CCC(F)CC1)c1ccc2c(c1)sc1nc(C3CCCN3)cn12. The molecule has 0 saturated carbocycles. The maximum absolute atomic E-state index is 13.2. The summed E-state index contributed by atoms with van der Waals surface area (Å²) < 4.78 is 16.4. The normalized spacial score (nSPS) is 21.0. The molecule has 2 N–H and O–H groups in total. The number of thiazole rings is 1. The summed E-state index contributed by atoms with van der Waals surface area (Å²) in [4.78, 5) is 20.6. The number of rotatable bonds is 6. The average molecular weight is 430 g/mol. The Morgan fingerprint density at radius 1 is 1.30 bits per heavy atom. The fourth-order valence-electron chi connectivity index (χ4n) is 4.50. The number of fused-ring (bicyclic) bond motifs is 3. The summed E-state index contributed by atoms with van der Waals surface area (Å²) in [6.07, 6.45) is 5.98. The van der Waals surface area contributed by atoms with Gasteiger partial charge in [-0.05, 0) is 63.4 Å². The second-order valence-electron chi connectivity index (χ2n) is 8.38. The van der Waals surface area contributed by atoms with Crippen molar-refractivity contribution in [3.8, 4) is 0 Å². The second-order valence-corrected chi connectivity index (χ2v) is 9.39. The summed E-state index contributed by atoms with van der Waals surface area (Å²) in [5.41, 5.74) is 2.89. The minimum atomic E-state index is -0.637. The minimum Gasteiger partial charge on any atom is -0.352 e. The van der Waals surface area contributed by atoms with Gasteiger partial charge in [0.2, 0.25) is 0 Å². The number of benzene rings is 1. The van der Waals surface area contributed by atoms with Crippen LogP contribution in [-0.4, -0.2) is 59.1 Å². The van der Waals surface area contributed by atoms with Crippen molar-refractivity contribution in [3.63, 3.8) is 0 Å². The lowest BCUT2D eigenvalue weighted by atomic mass is 10.1. The average Bonchev–Trinajstić information content (AvgIpc) is 3.47. The van der Waals surface area contributed by atoms with E-state index in [0.717, 1.165) is 59.9 Å². The molecule has 6 nitrogen and oxygen atoms in total. The number of carbonyl (C=O) groups excluding carboxylic acids is 1. The number of nitrogens with zero attached hydrogens (tertiary/aromatic N) is 3. The Morgan fingerprint density at radius 3 is 2.97 bits per heavy atom. The van der Waals surface area contributed by atoms with E-state index in [1.165, 1.54) is 6.42 Å². The van der Waals surface area contributed by atoms with E-state index in [4.69, 9.17) is 4.98 Å². The number of alkyl halides is 1. The molecule has 30 heavy (non-hydrogen) atoms. The first kappa shape index (κ1) is 19.9. The molecule has 1 atom stereocenters. The van der Waals surface area contributed by atoms with Crippen molar-refractivity contribution < 1.29 is 9.18 Å². The molecule has 0 aliphatic carbocycles. The molecule has 5 rings (SSSR count). The Hall–Kier alpha value is -2.03. The van der Waals surface area contributed by atoms with Crippen LogP contribution in [0, 0.1) is 0 Å². The standard InChI is InChI=1S/C22H28FN5OS/c23-16-6-11-27(12-7-16)10-2-9-25-21(29)15-4-5-19-20(13-15)30-22-26-18(14-28(19)22)17-3-1-8-24-17/h4-5,13-14,16-17,24H,1-3,6-12H2,(H,25,29). The molecular weight excluding hydrogens is 401 g/mol. The summed E-state index contributed by atoms with van der Waals surface area (Å²) in [5.74, 6) is -0.0405. The van der Waals surface area contributed by atoms with E-state index in [1.54, 1.807) is 11.3 Å². The first-order valence-electron chi connectivity index (χ1n) is 11.0. The highest BCUT2D eigenvalue weighted by Gasteiger charge is 2.21. The van der Waals surface area contributed by atoms with Crippen LogP contribution in [0.15, 0.2) is 24.4 Å². The lowest BCUT2D eigenvalue weighted by Crippen LogP contribution is -2.36. The van der Waals surface area contributed by atoms with E-state index in [2.05, 4.69) is 26.1 Å².